The van der Waals surface area contributed by atoms with E-state index in [4.69, 9.17) is 16.3 Å². The third kappa shape index (κ3) is 3.17. The van der Waals surface area contributed by atoms with Gasteiger partial charge in [0.05, 0.1) is 22.3 Å². The van der Waals surface area contributed by atoms with Gasteiger partial charge >= 0.3 is 5.97 Å². The van der Waals surface area contributed by atoms with Crippen LogP contribution in [0.15, 0.2) is 29.8 Å². The van der Waals surface area contributed by atoms with Crippen molar-refractivity contribution < 1.29 is 9.53 Å². The lowest BCUT2D eigenvalue weighted by Crippen LogP contribution is -2.47. The van der Waals surface area contributed by atoms with Crippen LogP contribution in [-0.4, -0.2) is 54.2 Å². The molecule has 0 unspecified atom stereocenters. The summed E-state index contributed by atoms with van der Waals surface area (Å²) in [4.78, 5) is 29.4. The Hall–Kier alpha value is -2.45. The molecule has 3 aromatic rings. The van der Waals surface area contributed by atoms with Crippen molar-refractivity contribution in [1.29, 1.82) is 0 Å². The summed E-state index contributed by atoms with van der Waals surface area (Å²) < 4.78 is 5.76. The van der Waals surface area contributed by atoms with Crippen molar-refractivity contribution in [1.82, 2.24) is 15.0 Å². The molecule has 7 nitrogen and oxygen atoms in total. The van der Waals surface area contributed by atoms with Gasteiger partial charge in [0.1, 0.15) is 5.82 Å². The molecule has 0 radical (unpaired) electrons. The predicted molar refractivity (Wildman–Crippen MR) is 102 cm³/mol. The lowest BCUT2D eigenvalue weighted by Gasteiger charge is -2.36. The maximum Gasteiger partial charge on any atom is 0.376 e. The van der Waals surface area contributed by atoms with Crippen molar-refractivity contribution in [3.63, 3.8) is 0 Å². The van der Waals surface area contributed by atoms with E-state index in [1.54, 1.807) is 17.5 Å². The van der Waals surface area contributed by atoms with Crippen molar-refractivity contribution in [3.05, 3.63) is 40.6 Å². The molecule has 0 saturated carbocycles. The highest BCUT2D eigenvalue weighted by molar-refractivity contribution is 7.17. The van der Waals surface area contributed by atoms with Crippen LogP contribution in [0.5, 0.6) is 0 Å². The first-order valence-electron chi connectivity index (χ1n) is 8.11. The minimum Gasteiger partial charge on any atom is -0.463 e. The maximum atomic E-state index is 11.9. The van der Waals surface area contributed by atoms with Gasteiger partial charge in [0.25, 0.3) is 0 Å². The van der Waals surface area contributed by atoms with Gasteiger partial charge in [-0.15, -0.1) is 11.3 Å². The number of thiophene rings is 1. The summed E-state index contributed by atoms with van der Waals surface area (Å²) in [5, 5.41) is 2.58. The van der Waals surface area contributed by atoms with Gasteiger partial charge in [-0.1, -0.05) is 11.6 Å². The molecule has 4 heterocycles. The molecule has 0 bridgehead atoms. The molecule has 0 spiro atoms. The molecule has 1 saturated heterocycles. The van der Waals surface area contributed by atoms with Crippen LogP contribution in [-0.2, 0) is 4.74 Å². The van der Waals surface area contributed by atoms with Crippen LogP contribution in [0.2, 0.25) is 5.02 Å². The van der Waals surface area contributed by atoms with E-state index in [1.165, 1.54) is 7.11 Å². The highest BCUT2D eigenvalue weighted by atomic mass is 35.5. The average Bonchev–Trinajstić information content (AvgIpc) is 3.16. The third-order valence-electron chi connectivity index (χ3n) is 4.27. The number of pyridine rings is 1. The zero-order valence-corrected chi connectivity index (χ0v) is 15.6. The molecule has 0 N–H and O–H groups in total. The first-order chi connectivity index (χ1) is 12.7. The van der Waals surface area contributed by atoms with Gasteiger partial charge in [-0.3, -0.25) is 0 Å². The minimum atomic E-state index is -0.525. The van der Waals surface area contributed by atoms with Gasteiger partial charge < -0.3 is 14.5 Å². The predicted octanol–water partition coefficient (Wildman–Crippen LogP) is 2.85. The normalized spacial score (nSPS) is 14.7. The number of fused-ring (bicyclic) bond motifs is 1. The van der Waals surface area contributed by atoms with Crippen LogP contribution in [0.3, 0.4) is 0 Å². The summed E-state index contributed by atoms with van der Waals surface area (Å²) >= 11 is 7.49. The first kappa shape index (κ1) is 17.0. The molecule has 0 amide bonds. The average molecular weight is 390 g/mol. The topological polar surface area (TPSA) is 71.5 Å². The number of nitrogens with zero attached hydrogens (tertiary/aromatic N) is 5. The monoisotopic (exact) mass is 389 g/mol. The first-order valence-corrected chi connectivity index (χ1v) is 9.36. The van der Waals surface area contributed by atoms with E-state index >= 15 is 0 Å². The number of anilines is 2. The third-order valence-corrected chi connectivity index (χ3v) is 5.39. The van der Waals surface area contributed by atoms with Gasteiger partial charge in [-0.05, 0) is 23.6 Å². The quantitative estimate of drug-likeness (QED) is 0.638. The Morgan fingerprint density at radius 2 is 1.92 bits per heavy atom. The molecule has 1 fully saturated rings. The van der Waals surface area contributed by atoms with E-state index in [9.17, 15) is 4.79 Å². The van der Waals surface area contributed by atoms with E-state index in [2.05, 4.69) is 24.8 Å². The maximum absolute atomic E-state index is 11.9. The standard InChI is InChI=1S/C17H16ClN5O2S/c1-25-17(24)15-20-12-4-9-26-14(12)16(21-15)23-7-5-22(6-8-23)13-3-2-11(18)10-19-13/h2-4,9-10H,5-8H2,1H3. The minimum absolute atomic E-state index is 0.0928. The Bertz CT molecular complexity index is 938. The number of ether oxygens (including phenoxy) is 1. The van der Waals surface area contributed by atoms with E-state index in [-0.39, 0.29) is 5.82 Å². The van der Waals surface area contributed by atoms with Crippen LogP contribution >= 0.6 is 22.9 Å². The Kier molecular flexibility index (Phi) is 4.60. The van der Waals surface area contributed by atoms with Crippen molar-refractivity contribution in [2.45, 2.75) is 0 Å². The summed E-state index contributed by atoms with van der Waals surface area (Å²) in [6.45, 7) is 3.15. The second-order valence-corrected chi connectivity index (χ2v) is 7.16. The molecule has 0 atom stereocenters. The summed E-state index contributed by atoms with van der Waals surface area (Å²) in [6.07, 6.45) is 1.66. The number of hydrogen-bond acceptors (Lipinski definition) is 8. The largest absolute Gasteiger partial charge is 0.463 e. The SMILES string of the molecule is COC(=O)c1nc(N2CCN(c3ccc(Cl)cn3)CC2)c2sccc2n1. The second kappa shape index (κ2) is 7.05. The summed E-state index contributed by atoms with van der Waals surface area (Å²) in [5.41, 5.74) is 0.766. The van der Waals surface area contributed by atoms with Gasteiger partial charge in [-0.2, -0.15) is 0 Å². The number of halogens is 1. The fourth-order valence-corrected chi connectivity index (χ4v) is 3.91. The highest BCUT2D eigenvalue weighted by Gasteiger charge is 2.23. The zero-order valence-electron chi connectivity index (χ0n) is 14.1. The Labute approximate surface area is 159 Å². The lowest BCUT2D eigenvalue weighted by molar-refractivity contribution is 0.0587. The van der Waals surface area contributed by atoms with Gasteiger partial charge in [0.15, 0.2) is 5.82 Å². The van der Waals surface area contributed by atoms with Gasteiger partial charge in [0.2, 0.25) is 5.82 Å². The Balaban J connectivity index is 1.58. The van der Waals surface area contributed by atoms with Crippen LogP contribution in [0, 0.1) is 0 Å². The van der Waals surface area contributed by atoms with Crippen molar-refractivity contribution >= 4 is 50.8 Å². The molecule has 3 aromatic heterocycles. The number of methoxy groups -OCH3 is 1. The number of piperazine rings is 1. The molecule has 9 heteroatoms. The molecule has 1 aliphatic rings. The van der Waals surface area contributed by atoms with Crippen molar-refractivity contribution in [3.8, 4) is 0 Å². The van der Waals surface area contributed by atoms with Crippen LogP contribution in [0.4, 0.5) is 11.6 Å². The lowest BCUT2D eigenvalue weighted by atomic mass is 10.3. The number of carbonyl (C=O) groups is 1. The summed E-state index contributed by atoms with van der Waals surface area (Å²) in [7, 11) is 1.33. The summed E-state index contributed by atoms with van der Waals surface area (Å²) in [5.74, 6) is 1.26. The fraction of sp³-hybridized carbons (Fsp3) is 0.294. The van der Waals surface area contributed by atoms with E-state index in [1.807, 2.05) is 23.6 Å². The number of esters is 1. The number of hydrogen-bond donors (Lipinski definition) is 0. The Morgan fingerprint density at radius 3 is 2.62 bits per heavy atom. The molecule has 26 heavy (non-hydrogen) atoms. The van der Waals surface area contributed by atoms with Crippen LogP contribution in [0.1, 0.15) is 10.6 Å². The highest BCUT2D eigenvalue weighted by Crippen LogP contribution is 2.30. The fourth-order valence-electron chi connectivity index (χ4n) is 2.95. The van der Waals surface area contributed by atoms with Crippen molar-refractivity contribution in [2.75, 3.05) is 43.1 Å². The number of carbonyl (C=O) groups excluding carboxylic acids is 1. The van der Waals surface area contributed by atoms with E-state index in [0.29, 0.717) is 5.02 Å². The molecule has 4 rings (SSSR count). The molecule has 1 aliphatic heterocycles. The molecular weight excluding hydrogens is 374 g/mol. The molecular formula is C17H16ClN5O2S. The summed E-state index contributed by atoms with van der Waals surface area (Å²) in [6, 6.07) is 5.67. The van der Waals surface area contributed by atoms with Crippen molar-refractivity contribution in [2.24, 2.45) is 0 Å². The van der Waals surface area contributed by atoms with E-state index < -0.39 is 5.97 Å². The molecule has 0 aromatic carbocycles. The van der Waals surface area contributed by atoms with Gasteiger partial charge in [0, 0.05) is 32.4 Å². The van der Waals surface area contributed by atoms with Crippen LogP contribution < -0.4 is 9.80 Å². The van der Waals surface area contributed by atoms with Gasteiger partial charge in [-0.25, -0.2) is 19.7 Å². The van der Waals surface area contributed by atoms with Crippen LogP contribution in [0.25, 0.3) is 10.2 Å². The smallest absolute Gasteiger partial charge is 0.376 e. The number of rotatable bonds is 3. The molecule has 134 valence electrons. The zero-order chi connectivity index (χ0) is 18.1. The molecule has 0 aliphatic carbocycles. The second-order valence-electron chi connectivity index (χ2n) is 5.81. The number of aromatic nitrogens is 3. The Morgan fingerprint density at radius 1 is 1.15 bits per heavy atom. The van der Waals surface area contributed by atoms with E-state index in [0.717, 1.165) is 48.0 Å².